The van der Waals surface area contributed by atoms with Gasteiger partial charge in [0.1, 0.15) is 23.6 Å². The van der Waals surface area contributed by atoms with Crippen molar-refractivity contribution in [3.63, 3.8) is 0 Å². The summed E-state index contributed by atoms with van der Waals surface area (Å²) in [6, 6.07) is 9.98. The van der Waals surface area contributed by atoms with Crippen molar-refractivity contribution in [3.05, 3.63) is 81.7 Å². The number of hydrazine groups is 2. The van der Waals surface area contributed by atoms with Gasteiger partial charge in [-0.25, -0.2) is 9.07 Å². The van der Waals surface area contributed by atoms with Crippen LogP contribution >= 0.6 is 23.2 Å². The molecule has 0 saturated carbocycles. The first-order valence-corrected chi connectivity index (χ1v) is 14.7. The van der Waals surface area contributed by atoms with Crippen LogP contribution in [0.2, 0.25) is 10.0 Å². The van der Waals surface area contributed by atoms with Crippen LogP contribution in [0.4, 0.5) is 21.5 Å². The molecule has 43 heavy (non-hydrogen) atoms. The van der Waals surface area contributed by atoms with Gasteiger partial charge in [-0.05, 0) is 49.7 Å². The Morgan fingerprint density at radius 3 is 2.65 bits per heavy atom. The zero-order valence-electron chi connectivity index (χ0n) is 23.6. The molecule has 1 fully saturated rings. The highest BCUT2D eigenvalue weighted by atomic mass is 35.5. The summed E-state index contributed by atoms with van der Waals surface area (Å²) in [5.74, 6) is -0.536. The number of benzene rings is 2. The summed E-state index contributed by atoms with van der Waals surface area (Å²) in [6.07, 6.45) is 7.41. The summed E-state index contributed by atoms with van der Waals surface area (Å²) < 4.78 is 15.8. The molecule has 2 aliphatic heterocycles. The van der Waals surface area contributed by atoms with Crippen molar-refractivity contribution in [3.8, 4) is 6.07 Å². The number of hydrogen-bond donors (Lipinski definition) is 4. The van der Waals surface area contributed by atoms with Crippen LogP contribution in [0.15, 0.2) is 54.6 Å². The van der Waals surface area contributed by atoms with Crippen LogP contribution in [0.3, 0.4) is 0 Å². The van der Waals surface area contributed by atoms with E-state index < -0.39 is 11.9 Å². The summed E-state index contributed by atoms with van der Waals surface area (Å²) >= 11 is 12.8. The molecule has 1 unspecified atom stereocenters. The van der Waals surface area contributed by atoms with E-state index in [9.17, 15) is 9.65 Å². The summed E-state index contributed by atoms with van der Waals surface area (Å²) in [7, 11) is 1.89. The van der Waals surface area contributed by atoms with Crippen LogP contribution in [-0.2, 0) is 0 Å². The predicted octanol–water partition coefficient (Wildman–Crippen LogP) is 5.49. The van der Waals surface area contributed by atoms with E-state index in [1.165, 1.54) is 18.3 Å². The fraction of sp³-hybridized carbons (Fsp3) is 0.310. The van der Waals surface area contributed by atoms with Crippen molar-refractivity contribution >= 4 is 51.2 Å². The number of halogens is 3. The van der Waals surface area contributed by atoms with Gasteiger partial charge in [0, 0.05) is 49.3 Å². The van der Waals surface area contributed by atoms with Crippen molar-refractivity contribution in [2.24, 2.45) is 0 Å². The lowest BCUT2D eigenvalue weighted by molar-refractivity contribution is 0.186. The summed E-state index contributed by atoms with van der Waals surface area (Å²) in [5, 5.41) is 28.5. The number of aromatic nitrogens is 4. The number of fused-ring (bicyclic) bond motifs is 1. The van der Waals surface area contributed by atoms with Crippen LogP contribution in [0, 0.1) is 17.1 Å². The Hall–Kier alpha value is -4.15. The Bertz CT molecular complexity index is 1730. The fourth-order valence-electron chi connectivity index (χ4n) is 5.43. The second-order valence-corrected chi connectivity index (χ2v) is 11.4. The molecule has 4 N–H and O–H groups in total. The van der Waals surface area contributed by atoms with Crippen molar-refractivity contribution in [2.75, 3.05) is 37.3 Å². The number of pyridine rings is 1. The van der Waals surface area contributed by atoms with Crippen LogP contribution in [0.25, 0.3) is 10.9 Å². The summed E-state index contributed by atoms with van der Waals surface area (Å²) in [6.45, 7) is 5.31. The Kier molecular flexibility index (Phi) is 8.23. The van der Waals surface area contributed by atoms with Crippen LogP contribution < -0.4 is 21.6 Å². The lowest BCUT2D eigenvalue weighted by Crippen LogP contribution is -2.35. The van der Waals surface area contributed by atoms with Crippen molar-refractivity contribution < 1.29 is 4.39 Å². The third-order valence-electron chi connectivity index (χ3n) is 7.77. The third-order valence-corrected chi connectivity index (χ3v) is 8.35. The molecule has 0 bridgehead atoms. The smallest absolute Gasteiger partial charge is 0.141 e. The van der Waals surface area contributed by atoms with Gasteiger partial charge in [0.15, 0.2) is 0 Å². The number of nitrogens with one attached hydrogen (secondary N) is 4. The Morgan fingerprint density at radius 1 is 1.16 bits per heavy atom. The maximum absolute atomic E-state index is 13.8. The molecule has 14 heteroatoms. The Morgan fingerprint density at radius 2 is 1.95 bits per heavy atom. The molecular weight excluding hydrogens is 592 g/mol. The topological polar surface area (TPSA) is 122 Å². The van der Waals surface area contributed by atoms with Gasteiger partial charge in [0.25, 0.3) is 0 Å². The van der Waals surface area contributed by atoms with Gasteiger partial charge in [-0.1, -0.05) is 35.3 Å². The molecule has 1 saturated heterocycles. The van der Waals surface area contributed by atoms with Crippen molar-refractivity contribution in [1.82, 2.24) is 40.8 Å². The number of likely N-dealkylation sites (tertiary alicyclic amines) is 1. The van der Waals surface area contributed by atoms with Crippen LogP contribution in [-0.4, -0.2) is 56.6 Å². The quantitative estimate of drug-likeness (QED) is 0.201. The molecular formula is C29H30Cl2FN11. The molecule has 0 amide bonds. The Balaban J connectivity index is 1.36. The predicted molar refractivity (Wildman–Crippen MR) is 165 cm³/mol. The average molecular weight is 623 g/mol. The van der Waals surface area contributed by atoms with Gasteiger partial charge in [-0.2, -0.15) is 5.26 Å². The SMILES string of the molecule is CCN1CCC(n2cc(C(Nc3cc(Cl)c4ncc(C#N)c(Nc5ccc(F)c(Cl)c5)c4c3)C3=CN(C)NN3)nn2)CC1. The highest BCUT2D eigenvalue weighted by Gasteiger charge is 2.27. The molecule has 0 radical (unpaired) electrons. The molecule has 6 rings (SSSR count). The van der Waals surface area contributed by atoms with E-state index in [4.69, 9.17) is 23.2 Å². The molecule has 222 valence electrons. The Labute approximate surface area is 258 Å². The maximum Gasteiger partial charge on any atom is 0.141 e. The third kappa shape index (κ3) is 6.03. The standard InChI is InChI=1S/C29H30Cl2FN11/c1-3-42-8-6-20(7-9-42)43-16-26(38-40-43)29(25-15-41(2)39-37-25)36-19-10-21-27(35-18-4-5-24(32)22(30)11-18)17(13-33)14-34-28(21)23(31)12-19/h4-5,10-12,14-16,20,29,36-37,39H,3,6-9H2,1-2H3,(H,34,35). The first kappa shape index (κ1) is 28.9. The van der Waals surface area contributed by atoms with Gasteiger partial charge in [-0.15, -0.1) is 10.6 Å². The molecule has 0 aliphatic carbocycles. The van der Waals surface area contributed by atoms with E-state index >= 15 is 0 Å². The van der Waals surface area contributed by atoms with Gasteiger partial charge in [0.05, 0.1) is 44.7 Å². The van der Waals surface area contributed by atoms with E-state index in [0.717, 1.165) is 43.9 Å². The van der Waals surface area contributed by atoms with Crippen molar-refractivity contribution in [1.29, 1.82) is 5.26 Å². The second kappa shape index (κ2) is 12.2. The minimum absolute atomic E-state index is 0.0371. The van der Waals surface area contributed by atoms with Gasteiger partial charge < -0.3 is 21.0 Å². The minimum atomic E-state index is -0.536. The first-order chi connectivity index (χ1) is 20.8. The summed E-state index contributed by atoms with van der Waals surface area (Å²) in [5.41, 5.74) is 10.3. The maximum atomic E-state index is 13.8. The summed E-state index contributed by atoms with van der Waals surface area (Å²) in [4.78, 5) is 6.88. The lowest BCUT2D eigenvalue weighted by atomic mass is 10.1. The molecule has 0 spiro atoms. The van der Waals surface area contributed by atoms with Crippen LogP contribution in [0.5, 0.6) is 0 Å². The van der Waals surface area contributed by atoms with Crippen LogP contribution in [0.1, 0.15) is 43.1 Å². The molecule has 11 nitrogen and oxygen atoms in total. The molecule has 2 aliphatic rings. The molecule has 2 aromatic carbocycles. The van der Waals surface area contributed by atoms with Crippen molar-refractivity contribution in [2.45, 2.75) is 31.8 Å². The molecule has 4 heterocycles. The highest BCUT2D eigenvalue weighted by molar-refractivity contribution is 6.36. The number of nitriles is 1. The van der Waals surface area contributed by atoms with Gasteiger partial charge >= 0.3 is 0 Å². The van der Waals surface area contributed by atoms with E-state index in [2.05, 4.69) is 54.8 Å². The van der Waals surface area contributed by atoms with Gasteiger partial charge in [0.2, 0.25) is 0 Å². The molecule has 2 aromatic heterocycles. The number of piperidine rings is 1. The highest BCUT2D eigenvalue weighted by Crippen LogP contribution is 2.37. The largest absolute Gasteiger partial charge is 0.371 e. The van der Waals surface area contributed by atoms with E-state index in [-0.39, 0.29) is 11.1 Å². The van der Waals surface area contributed by atoms with Gasteiger partial charge in [-0.3, -0.25) is 9.99 Å². The van der Waals surface area contributed by atoms with E-state index in [1.807, 2.05) is 30.2 Å². The first-order valence-electron chi connectivity index (χ1n) is 13.9. The number of nitrogens with zero attached hydrogens (tertiary/aromatic N) is 7. The molecule has 4 aromatic rings. The fourth-order valence-corrected chi connectivity index (χ4v) is 5.88. The normalized spacial score (nSPS) is 16.6. The number of rotatable bonds is 8. The van der Waals surface area contributed by atoms with E-state index in [0.29, 0.717) is 38.6 Å². The second-order valence-electron chi connectivity index (χ2n) is 10.6. The lowest BCUT2D eigenvalue weighted by Gasteiger charge is -2.30. The number of anilines is 3. The van der Waals surface area contributed by atoms with E-state index in [1.54, 1.807) is 17.1 Å². The number of hydrogen-bond acceptors (Lipinski definition) is 10. The zero-order chi connectivity index (χ0) is 30.1. The average Bonchev–Trinajstić information content (AvgIpc) is 3.68. The monoisotopic (exact) mass is 621 g/mol. The zero-order valence-corrected chi connectivity index (χ0v) is 25.1. The molecule has 1 atom stereocenters. The minimum Gasteiger partial charge on any atom is -0.371 e.